The van der Waals surface area contributed by atoms with E-state index in [4.69, 9.17) is 32.7 Å². The molecule has 2 aromatic rings. The Balaban J connectivity index is 1.84. The number of aromatic nitrogens is 1. The van der Waals surface area contributed by atoms with Gasteiger partial charge in [-0.3, -0.25) is 4.98 Å². The van der Waals surface area contributed by atoms with Crippen molar-refractivity contribution in [1.29, 1.82) is 0 Å². The molecule has 0 unspecified atom stereocenters. The van der Waals surface area contributed by atoms with Crippen LogP contribution in [0.15, 0.2) is 30.6 Å². The summed E-state index contributed by atoms with van der Waals surface area (Å²) in [5.41, 5.74) is 1.75. The summed E-state index contributed by atoms with van der Waals surface area (Å²) in [6, 6.07) is 5.87. The lowest BCUT2D eigenvalue weighted by Crippen LogP contribution is -2.11. The van der Waals surface area contributed by atoms with Crippen molar-refractivity contribution in [3.8, 4) is 11.5 Å². The highest BCUT2D eigenvalue weighted by atomic mass is 35.5. The third kappa shape index (κ3) is 4.03. The highest BCUT2D eigenvalue weighted by molar-refractivity contribution is 6.37. The van der Waals surface area contributed by atoms with Crippen LogP contribution in [0.2, 0.25) is 10.0 Å². The van der Waals surface area contributed by atoms with Crippen LogP contribution in [-0.2, 0) is 0 Å². The minimum Gasteiger partial charge on any atom is -0.493 e. The molecule has 1 aromatic carbocycles. The lowest BCUT2D eigenvalue weighted by atomic mass is 10.1. The smallest absolute Gasteiger partial charge is 0.162 e. The van der Waals surface area contributed by atoms with Crippen LogP contribution in [0.1, 0.15) is 36.8 Å². The second-order valence-electron chi connectivity index (χ2n) is 5.78. The zero-order chi connectivity index (χ0) is 16.9. The molecule has 1 aliphatic carbocycles. The molecule has 0 N–H and O–H groups in total. The Morgan fingerprint density at radius 2 is 1.75 bits per heavy atom. The van der Waals surface area contributed by atoms with Crippen LogP contribution in [0.5, 0.6) is 11.5 Å². The summed E-state index contributed by atoms with van der Waals surface area (Å²) in [5, 5.41) is 1.05. The van der Waals surface area contributed by atoms with Gasteiger partial charge in [-0.05, 0) is 43.4 Å². The lowest BCUT2D eigenvalue weighted by Gasteiger charge is -2.16. The van der Waals surface area contributed by atoms with Gasteiger partial charge in [0.25, 0.3) is 0 Å². The fourth-order valence-corrected chi connectivity index (χ4v) is 3.33. The van der Waals surface area contributed by atoms with Crippen molar-refractivity contribution >= 4 is 35.4 Å². The van der Waals surface area contributed by atoms with Crippen LogP contribution >= 0.6 is 23.2 Å². The first-order valence-electron chi connectivity index (χ1n) is 7.99. The molecule has 3 rings (SSSR count). The maximum absolute atomic E-state index is 6.15. The third-order valence-electron chi connectivity index (χ3n) is 4.12. The van der Waals surface area contributed by atoms with Crippen molar-refractivity contribution < 1.29 is 9.47 Å². The van der Waals surface area contributed by atoms with Gasteiger partial charge >= 0.3 is 0 Å². The fraction of sp³-hybridized carbons (Fsp3) is 0.316. The molecule has 0 atom stereocenters. The largest absolute Gasteiger partial charge is 0.493 e. The second-order valence-corrected chi connectivity index (χ2v) is 6.60. The number of hydrogen-bond donors (Lipinski definition) is 0. The molecule has 126 valence electrons. The topological polar surface area (TPSA) is 31.4 Å². The summed E-state index contributed by atoms with van der Waals surface area (Å²) in [7, 11) is 1.66. The number of methoxy groups -OCH3 is 1. The number of pyridine rings is 1. The molecule has 1 aliphatic rings. The molecular formula is C19H19Cl2NO2. The zero-order valence-electron chi connectivity index (χ0n) is 13.5. The molecule has 0 aliphatic heterocycles. The first-order valence-corrected chi connectivity index (χ1v) is 8.75. The number of ether oxygens (including phenoxy) is 2. The van der Waals surface area contributed by atoms with Gasteiger partial charge in [0.15, 0.2) is 11.5 Å². The molecule has 0 saturated heterocycles. The normalized spacial score (nSPS) is 15.1. The van der Waals surface area contributed by atoms with Crippen molar-refractivity contribution in [2.75, 3.05) is 7.11 Å². The van der Waals surface area contributed by atoms with Gasteiger partial charge in [-0.1, -0.05) is 41.4 Å². The van der Waals surface area contributed by atoms with E-state index in [0.29, 0.717) is 10.0 Å². The molecule has 0 radical (unpaired) electrons. The SMILES string of the molecule is COc1ccc(/C=C\c2c(Cl)cncc2Cl)cc1OC1CCCC1. The van der Waals surface area contributed by atoms with Crippen molar-refractivity contribution in [3.05, 3.63) is 51.8 Å². The number of benzene rings is 1. The number of rotatable bonds is 5. The summed E-state index contributed by atoms with van der Waals surface area (Å²) in [6.45, 7) is 0. The van der Waals surface area contributed by atoms with E-state index < -0.39 is 0 Å². The molecule has 24 heavy (non-hydrogen) atoms. The fourth-order valence-electron chi connectivity index (χ4n) is 2.83. The maximum atomic E-state index is 6.15. The van der Waals surface area contributed by atoms with E-state index in [2.05, 4.69) is 4.98 Å². The standard InChI is InChI=1S/C19H19Cl2NO2/c1-23-18-9-7-13(10-19(18)24-14-4-2-3-5-14)6-8-15-16(20)11-22-12-17(15)21/h6-12,14H,2-5H2,1H3/b8-6-. The molecule has 3 nitrogen and oxygen atoms in total. The Bertz CT molecular complexity index is 720. The quantitative estimate of drug-likeness (QED) is 0.663. The molecule has 0 amide bonds. The molecule has 1 fully saturated rings. The molecule has 0 bridgehead atoms. The van der Waals surface area contributed by atoms with Gasteiger partial charge < -0.3 is 9.47 Å². The Morgan fingerprint density at radius 1 is 1.04 bits per heavy atom. The predicted molar refractivity (Wildman–Crippen MR) is 99.1 cm³/mol. The highest BCUT2D eigenvalue weighted by Gasteiger charge is 2.18. The van der Waals surface area contributed by atoms with E-state index in [0.717, 1.165) is 35.5 Å². The van der Waals surface area contributed by atoms with Crippen LogP contribution in [0, 0.1) is 0 Å². The van der Waals surface area contributed by atoms with Crippen molar-refractivity contribution in [2.45, 2.75) is 31.8 Å². The zero-order valence-corrected chi connectivity index (χ0v) is 15.0. The molecule has 5 heteroatoms. The number of hydrogen-bond acceptors (Lipinski definition) is 3. The molecule has 1 aromatic heterocycles. The number of halogens is 2. The average molecular weight is 364 g/mol. The average Bonchev–Trinajstić information content (AvgIpc) is 3.08. The molecular weight excluding hydrogens is 345 g/mol. The van der Waals surface area contributed by atoms with Gasteiger partial charge in [-0.25, -0.2) is 0 Å². The van der Waals surface area contributed by atoms with Gasteiger partial charge in [0.05, 0.1) is 23.3 Å². The van der Waals surface area contributed by atoms with Gasteiger partial charge in [0.1, 0.15) is 0 Å². The van der Waals surface area contributed by atoms with Gasteiger partial charge in [-0.2, -0.15) is 0 Å². The number of nitrogens with zero attached hydrogens (tertiary/aromatic N) is 1. The molecule has 1 heterocycles. The molecule has 1 saturated carbocycles. The van der Waals surface area contributed by atoms with Crippen LogP contribution in [0.25, 0.3) is 12.2 Å². The van der Waals surface area contributed by atoms with E-state index in [9.17, 15) is 0 Å². The van der Waals surface area contributed by atoms with Gasteiger partial charge in [0, 0.05) is 18.0 Å². The Kier molecular flexibility index (Phi) is 5.64. The van der Waals surface area contributed by atoms with Crippen molar-refractivity contribution in [3.63, 3.8) is 0 Å². The van der Waals surface area contributed by atoms with Gasteiger partial charge in [0.2, 0.25) is 0 Å². The van der Waals surface area contributed by atoms with E-state index in [-0.39, 0.29) is 6.10 Å². The third-order valence-corrected chi connectivity index (χ3v) is 4.72. The highest BCUT2D eigenvalue weighted by Crippen LogP contribution is 2.33. The summed E-state index contributed by atoms with van der Waals surface area (Å²) in [4.78, 5) is 3.96. The predicted octanol–water partition coefficient (Wildman–Crippen LogP) is 5.89. The van der Waals surface area contributed by atoms with E-state index in [1.165, 1.54) is 12.8 Å². The minimum atomic E-state index is 0.280. The molecule has 0 spiro atoms. The van der Waals surface area contributed by atoms with Crippen molar-refractivity contribution in [2.24, 2.45) is 0 Å². The lowest BCUT2D eigenvalue weighted by molar-refractivity contribution is 0.201. The monoisotopic (exact) mass is 363 g/mol. The Labute approximate surface area is 152 Å². The second kappa shape index (κ2) is 7.91. The van der Waals surface area contributed by atoms with Crippen LogP contribution in [0.4, 0.5) is 0 Å². The summed E-state index contributed by atoms with van der Waals surface area (Å²) < 4.78 is 11.5. The Morgan fingerprint density at radius 3 is 2.42 bits per heavy atom. The van der Waals surface area contributed by atoms with E-state index in [1.807, 2.05) is 30.4 Å². The summed E-state index contributed by atoms with van der Waals surface area (Å²) in [6.07, 6.45) is 11.9. The first kappa shape index (κ1) is 17.1. The van der Waals surface area contributed by atoms with E-state index in [1.54, 1.807) is 19.5 Å². The Hall–Kier alpha value is -1.71. The van der Waals surface area contributed by atoms with E-state index >= 15 is 0 Å². The van der Waals surface area contributed by atoms with Crippen LogP contribution in [-0.4, -0.2) is 18.2 Å². The summed E-state index contributed by atoms with van der Waals surface area (Å²) >= 11 is 12.3. The minimum absolute atomic E-state index is 0.280. The maximum Gasteiger partial charge on any atom is 0.162 e. The summed E-state index contributed by atoms with van der Waals surface area (Å²) in [5.74, 6) is 1.53. The van der Waals surface area contributed by atoms with Crippen molar-refractivity contribution in [1.82, 2.24) is 4.98 Å². The van der Waals surface area contributed by atoms with Crippen LogP contribution < -0.4 is 9.47 Å². The van der Waals surface area contributed by atoms with Gasteiger partial charge in [-0.15, -0.1) is 0 Å². The van der Waals surface area contributed by atoms with Crippen LogP contribution in [0.3, 0.4) is 0 Å². The first-order chi connectivity index (χ1) is 11.7.